The molecule has 0 aliphatic carbocycles. The van der Waals surface area contributed by atoms with Crippen LogP contribution in [0.3, 0.4) is 0 Å². The number of carbonyl (C=O) groups excluding carboxylic acids is 2. The lowest BCUT2D eigenvalue weighted by Crippen LogP contribution is -2.49. The zero-order chi connectivity index (χ0) is 22.9. The van der Waals surface area contributed by atoms with E-state index < -0.39 is 15.1 Å². The molecule has 1 fully saturated rings. The van der Waals surface area contributed by atoms with Crippen LogP contribution in [0.15, 0.2) is 47.4 Å². The molecular weight excluding hydrogens is 437 g/mol. The maximum Gasteiger partial charge on any atom is 0.262 e. The lowest BCUT2D eigenvalue weighted by molar-refractivity contribution is -0.131. The van der Waals surface area contributed by atoms with Gasteiger partial charge in [-0.2, -0.15) is 0 Å². The summed E-state index contributed by atoms with van der Waals surface area (Å²) in [5.41, 5.74) is 0.796. The van der Waals surface area contributed by atoms with Crippen LogP contribution in [0.25, 0.3) is 0 Å². The number of benzene rings is 2. The number of para-hydroxylation sites is 1. The zero-order valence-corrected chi connectivity index (χ0v) is 18.4. The largest absolute Gasteiger partial charge is 0.482 e. The zero-order valence-electron chi connectivity index (χ0n) is 17.6. The van der Waals surface area contributed by atoms with Crippen molar-refractivity contribution in [2.24, 2.45) is 0 Å². The van der Waals surface area contributed by atoms with E-state index in [2.05, 4.69) is 5.32 Å². The van der Waals surface area contributed by atoms with Gasteiger partial charge in [0.25, 0.3) is 5.91 Å². The minimum absolute atomic E-state index is 0.0201. The summed E-state index contributed by atoms with van der Waals surface area (Å²) in [6, 6.07) is 10.8. The molecule has 1 atom stereocenters. The summed E-state index contributed by atoms with van der Waals surface area (Å²) in [5.74, 6) is -0.521. The summed E-state index contributed by atoms with van der Waals surface area (Å²) in [6.45, 7) is 3.10. The van der Waals surface area contributed by atoms with Crippen LogP contribution in [0.5, 0.6) is 5.75 Å². The number of sulfone groups is 1. The minimum Gasteiger partial charge on any atom is -0.482 e. The molecule has 0 aromatic heterocycles. The molecule has 0 unspecified atom stereocenters. The van der Waals surface area contributed by atoms with Gasteiger partial charge in [-0.25, -0.2) is 12.8 Å². The first-order valence-corrected chi connectivity index (χ1v) is 11.9. The summed E-state index contributed by atoms with van der Waals surface area (Å²) >= 11 is 0. The summed E-state index contributed by atoms with van der Waals surface area (Å²) in [6.07, 6.45) is -0.165. The van der Waals surface area contributed by atoms with Gasteiger partial charge in [-0.3, -0.25) is 9.59 Å². The molecule has 1 N–H and O–H groups in total. The maximum atomic E-state index is 14.0. The molecule has 32 heavy (non-hydrogen) atoms. The van der Waals surface area contributed by atoms with E-state index in [-0.39, 0.29) is 35.6 Å². The fourth-order valence-electron chi connectivity index (χ4n) is 3.86. The topological polar surface area (TPSA) is 96.0 Å². The van der Waals surface area contributed by atoms with E-state index in [0.717, 1.165) is 0 Å². The summed E-state index contributed by atoms with van der Waals surface area (Å²) in [5, 5.41) is 1.64. The Labute approximate surface area is 185 Å². The van der Waals surface area contributed by atoms with Gasteiger partial charge < -0.3 is 19.9 Å². The number of hydrogen-bond acceptors (Lipinski definition) is 6. The Morgan fingerprint density at radius 1 is 1.16 bits per heavy atom. The Bertz CT molecular complexity index is 1150. The molecular formula is C22H24FN3O5S. The molecule has 0 radical (unpaired) electrons. The van der Waals surface area contributed by atoms with Crippen molar-refractivity contribution < 1.29 is 27.1 Å². The number of nitrogens with one attached hydrogen (secondary N) is 1. The van der Waals surface area contributed by atoms with E-state index >= 15 is 0 Å². The van der Waals surface area contributed by atoms with Crippen LogP contribution in [0.2, 0.25) is 0 Å². The number of nitrogens with zero attached hydrogens (tertiary/aromatic N) is 2. The highest BCUT2D eigenvalue weighted by atomic mass is 32.2. The molecule has 0 spiro atoms. The average Bonchev–Trinajstić information content (AvgIpc) is 2.79. The molecule has 2 aliphatic heterocycles. The SMILES string of the molecule is C[C@@H](CC(=O)N1CCN(c2ccccc2F)CC1)S(=O)(=O)c1ccc2c(c1)NC(=O)CO2. The van der Waals surface area contributed by atoms with Crippen molar-refractivity contribution in [3.05, 3.63) is 48.3 Å². The Hall–Kier alpha value is -3.14. The van der Waals surface area contributed by atoms with Gasteiger partial charge in [0.15, 0.2) is 16.4 Å². The third kappa shape index (κ3) is 4.40. The van der Waals surface area contributed by atoms with E-state index in [1.54, 1.807) is 23.1 Å². The van der Waals surface area contributed by atoms with Crippen molar-refractivity contribution in [1.82, 2.24) is 4.90 Å². The Morgan fingerprint density at radius 3 is 2.59 bits per heavy atom. The normalized spacial score (nSPS) is 17.2. The predicted octanol–water partition coefficient (Wildman–Crippen LogP) is 2.06. The number of halogens is 1. The van der Waals surface area contributed by atoms with E-state index in [4.69, 9.17) is 4.74 Å². The van der Waals surface area contributed by atoms with Crippen LogP contribution < -0.4 is 15.0 Å². The van der Waals surface area contributed by atoms with Crippen LogP contribution in [0, 0.1) is 5.82 Å². The predicted molar refractivity (Wildman–Crippen MR) is 117 cm³/mol. The van der Waals surface area contributed by atoms with Crippen LogP contribution >= 0.6 is 0 Å². The van der Waals surface area contributed by atoms with Crippen LogP contribution in [-0.4, -0.2) is 63.2 Å². The van der Waals surface area contributed by atoms with Crippen molar-refractivity contribution in [1.29, 1.82) is 0 Å². The second kappa shape index (κ2) is 8.78. The van der Waals surface area contributed by atoms with Gasteiger partial charge in [0.2, 0.25) is 5.91 Å². The summed E-state index contributed by atoms with van der Waals surface area (Å²) < 4.78 is 45.3. The first-order chi connectivity index (χ1) is 15.3. The molecule has 2 aromatic rings. The van der Waals surface area contributed by atoms with E-state index in [1.807, 2.05) is 4.90 Å². The third-order valence-corrected chi connectivity index (χ3v) is 7.87. The molecule has 170 valence electrons. The van der Waals surface area contributed by atoms with Gasteiger partial charge in [-0.1, -0.05) is 12.1 Å². The Balaban J connectivity index is 1.39. The van der Waals surface area contributed by atoms with Crippen molar-refractivity contribution >= 4 is 33.0 Å². The monoisotopic (exact) mass is 461 g/mol. The van der Waals surface area contributed by atoms with E-state index in [9.17, 15) is 22.4 Å². The van der Waals surface area contributed by atoms with Crippen molar-refractivity contribution in [3.8, 4) is 5.75 Å². The van der Waals surface area contributed by atoms with Gasteiger partial charge >= 0.3 is 0 Å². The fourth-order valence-corrected chi connectivity index (χ4v) is 5.23. The molecule has 1 saturated heterocycles. The number of hydrogen-bond donors (Lipinski definition) is 1. The van der Waals surface area contributed by atoms with Gasteiger partial charge in [0, 0.05) is 32.6 Å². The van der Waals surface area contributed by atoms with Crippen LogP contribution in [-0.2, 0) is 19.4 Å². The summed E-state index contributed by atoms with van der Waals surface area (Å²) in [7, 11) is -3.80. The van der Waals surface area contributed by atoms with Crippen molar-refractivity contribution in [2.75, 3.05) is 43.0 Å². The number of carbonyl (C=O) groups is 2. The lowest BCUT2D eigenvalue weighted by atomic mass is 10.2. The second-order valence-electron chi connectivity index (χ2n) is 7.87. The van der Waals surface area contributed by atoms with Crippen LogP contribution in [0.4, 0.5) is 15.8 Å². The third-order valence-electron chi connectivity index (χ3n) is 5.73. The smallest absolute Gasteiger partial charge is 0.262 e. The van der Waals surface area contributed by atoms with Gasteiger partial charge in [0.05, 0.1) is 21.5 Å². The number of ether oxygens (including phenoxy) is 1. The molecule has 0 saturated carbocycles. The minimum atomic E-state index is -3.80. The quantitative estimate of drug-likeness (QED) is 0.732. The highest BCUT2D eigenvalue weighted by Crippen LogP contribution is 2.32. The molecule has 2 aromatic carbocycles. The highest BCUT2D eigenvalue weighted by molar-refractivity contribution is 7.92. The highest BCUT2D eigenvalue weighted by Gasteiger charge is 2.30. The van der Waals surface area contributed by atoms with Gasteiger partial charge in [-0.05, 0) is 37.3 Å². The maximum absolute atomic E-state index is 14.0. The first kappa shape index (κ1) is 22.1. The van der Waals surface area contributed by atoms with Crippen LogP contribution in [0.1, 0.15) is 13.3 Å². The molecule has 0 bridgehead atoms. The van der Waals surface area contributed by atoms with Crippen molar-refractivity contribution in [2.45, 2.75) is 23.5 Å². The van der Waals surface area contributed by atoms with E-state index in [1.165, 1.54) is 31.2 Å². The number of anilines is 2. The standard InChI is InChI=1S/C22H24FN3O5S/c1-15(32(29,30)16-6-7-20-18(13-16)24-21(27)14-31-20)12-22(28)26-10-8-25(9-11-26)19-5-3-2-4-17(19)23/h2-7,13,15H,8-12,14H2,1H3,(H,24,27)/t15-/m0/s1. The second-order valence-corrected chi connectivity index (χ2v) is 10.2. The summed E-state index contributed by atoms with van der Waals surface area (Å²) in [4.78, 5) is 27.8. The molecule has 2 heterocycles. The van der Waals surface area contributed by atoms with E-state index in [0.29, 0.717) is 43.3 Å². The first-order valence-electron chi connectivity index (χ1n) is 10.3. The lowest BCUT2D eigenvalue weighted by Gasteiger charge is -2.36. The van der Waals surface area contributed by atoms with Gasteiger partial charge in [0.1, 0.15) is 11.6 Å². The van der Waals surface area contributed by atoms with Crippen molar-refractivity contribution in [3.63, 3.8) is 0 Å². The number of piperazine rings is 1. The average molecular weight is 462 g/mol. The number of fused-ring (bicyclic) bond motifs is 1. The fraction of sp³-hybridized carbons (Fsp3) is 0.364. The number of amides is 2. The Morgan fingerprint density at radius 2 is 1.88 bits per heavy atom. The number of rotatable bonds is 5. The molecule has 2 aliphatic rings. The Kier molecular flexibility index (Phi) is 6.05. The molecule has 10 heteroatoms. The molecule has 8 nitrogen and oxygen atoms in total. The molecule has 4 rings (SSSR count). The molecule has 2 amide bonds. The van der Waals surface area contributed by atoms with Gasteiger partial charge in [-0.15, -0.1) is 0 Å².